The first kappa shape index (κ1) is 20.2. The molecule has 2 aromatic rings. The van der Waals surface area contributed by atoms with Crippen molar-refractivity contribution < 1.29 is 8.42 Å². The molecule has 0 amide bonds. The lowest BCUT2D eigenvalue weighted by atomic mass is 10.1. The molecule has 0 spiro atoms. The van der Waals surface area contributed by atoms with Crippen LogP contribution in [0.15, 0.2) is 58.7 Å². The van der Waals surface area contributed by atoms with Gasteiger partial charge in [0.15, 0.2) is 5.96 Å². The van der Waals surface area contributed by atoms with Crippen LogP contribution in [0.2, 0.25) is 5.02 Å². The van der Waals surface area contributed by atoms with E-state index in [0.29, 0.717) is 17.5 Å². The molecule has 9 heteroatoms. The summed E-state index contributed by atoms with van der Waals surface area (Å²) in [6.07, 6.45) is 2.83. The van der Waals surface area contributed by atoms with Gasteiger partial charge >= 0.3 is 0 Å². The van der Waals surface area contributed by atoms with Crippen molar-refractivity contribution >= 4 is 27.6 Å². The van der Waals surface area contributed by atoms with Crippen molar-refractivity contribution in [2.75, 3.05) is 20.1 Å². The molecule has 0 radical (unpaired) electrons. The number of aromatic nitrogens is 1. The lowest BCUT2D eigenvalue weighted by Gasteiger charge is -2.19. The molecule has 7 nitrogen and oxygen atoms in total. The summed E-state index contributed by atoms with van der Waals surface area (Å²) >= 11 is 6.20. The van der Waals surface area contributed by atoms with Gasteiger partial charge in [0, 0.05) is 37.6 Å². The smallest absolute Gasteiger partial charge is 0.242 e. The number of benzene rings is 1. The first-order valence-electron chi connectivity index (χ1n) is 8.05. The zero-order valence-corrected chi connectivity index (χ0v) is 16.2. The molecule has 140 valence electrons. The van der Waals surface area contributed by atoms with Gasteiger partial charge in [-0.3, -0.25) is 9.98 Å². The second kappa shape index (κ2) is 9.51. The summed E-state index contributed by atoms with van der Waals surface area (Å²) in [6.45, 7) is 2.55. The average molecular weight is 396 g/mol. The minimum absolute atomic E-state index is 0.0537. The van der Waals surface area contributed by atoms with Crippen LogP contribution in [-0.2, 0) is 10.0 Å². The summed E-state index contributed by atoms with van der Waals surface area (Å²) < 4.78 is 26.7. The Morgan fingerprint density at radius 2 is 2.00 bits per heavy atom. The Balaban J connectivity index is 1.83. The largest absolute Gasteiger partial charge is 0.355 e. The van der Waals surface area contributed by atoms with E-state index in [1.165, 1.54) is 18.5 Å². The first-order valence-corrected chi connectivity index (χ1v) is 9.91. The number of nitrogens with zero attached hydrogens (tertiary/aromatic N) is 2. The van der Waals surface area contributed by atoms with E-state index in [1.54, 1.807) is 13.1 Å². The number of pyridine rings is 1. The molecular weight excluding hydrogens is 374 g/mol. The molecule has 0 aliphatic heterocycles. The standard InChI is InChI=1S/C17H22ClN5O2S/c1-13(15-7-3-4-8-16(15)18)23-17(19-2)21-10-11-22-26(24,25)14-6-5-9-20-12-14/h3-9,12-13,22H,10-11H2,1-2H3,(H2,19,21,23). The predicted molar refractivity (Wildman–Crippen MR) is 104 cm³/mol. The van der Waals surface area contributed by atoms with E-state index >= 15 is 0 Å². The van der Waals surface area contributed by atoms with E-state index in [4.69, 9.17) is 11.6 Å². The maximum atomic E-state index is 12.1. The van der Waals surface area contributed by atoms with Crippen LogP contribution in [0.4, 0.5) is 0 Å². The number of halogens is 1. The van der Waals surface area contributed by atoms with Gasteiger partial charge in [-0.25, -0.2) is 13.1 Å². The van der Waals surface area contributed by atoms with Crippen molar-refractivity contribution in [3.63, 3.8) is 0 Å². The van der Waals surface area contributed by atoms with E-state index in [9.17, 15) is 8.42 Å². The van der Waals surface area contributed by atoms with Gasteiger partial charge in [0.2, 0.25) is 10.0 Å². The van der Waals surface area contributed by atoms with Crippen molar-refractivity contribution in [2.24, 2.45) is 4.99 Å². The lowest BCUT2D eigenvalue weighted by molar-refractivity contribution is 0.579. The third-order valence-electron chi connectivity index (χ3n) is 3.60. The van der Waals surface area contributed by atoms with Crippen LogP contribution >= 0.6 is 11.6 Å². The summed E-state index contributed by atoms with van der Waals surface area (Å²) in [5.74, 6) is 0.554. The van der Waals surface area contributed by atoms with Gasteiger partial charge in [-0.05, 0) is 30.7 Å². The van der Waals surface area contributed by atoms with Crippen LogP contribution in [0.3, 0.4) is 0 Å². The van der Waals surface area contributed by atoms with Crippen LogP contribution in [0.25, 0.3) is 0 Å². The van der Waals surface area contributed by atoms with E-state index in [-0.39, 0.29) is 17.5 Å². The quantitative estimate of drug-likeness (QED) is 0.378. The van der Waals surface area contributed by atoms with Gasteiger partial charge in [-0.1, -0.05) is 29.8 Å². The molecule has 1 unspecified atom stereocenters. The van der Waals surface area contributed by atoms with Crippen molar-refractivity contribution in [1.82, 2.24) is 20.3 Å². The molecule has 1 atom stereocenters. The van der Waals surface area contributed by atoms with Crippen molar-refractivity contribution in [3.05, 3.63) is 59.4 Å². The Kier molecular flexibility index (Phi) is 7.38. The van der Waals surface area contributed by atoms with Gasteiger partial charge in [-0.15, -0.1) is 0 Å². The number of rotatable bonds is 7. The van der Waals surface area contributed by atoms with Crippen LogP contribution in [0.1, 0.15) is 18.5 Å². The highest BCUT2D eigenvalue weighted by atomic mass is 35.5. The molecule has 26 heavy (non-hydrogen) atoms. The van der Waals surface area contributed by atoms with Gasteiger partial charge in [0.05, 0.1) is 6.04 Å². The monoisotopic (exact) mass is 395 g/mol. The number of aliphatic imine (C=N–C) groups is 1. The Morgan fingerprint density at radius 3 is 2.65 bits per heavy atom. The maximum Gasteiger partial charge on any atom is 0.242 e. The van der Waals surface area contributed by atoms with Crippen LogP contribution in [-0.4, -0.2) is 39.5 Å². The highest BCUT2D eigenvalue weighted by molar-refractivity contribution is 7.89. The van der Waals surface area contributed by atoms with E-state index < -0.39 is 10.0 Å². The molecule has 3 N–H and O–H groups in total. The summed E-state index contributed by atoms with van der Waals surface area (Å²) in [7, 11) is -1.92. The summed E-state index contributed by atoms with van der Waals surface area (Å²) in [5, 5.41) is 6.96. The van der Waals surface area contributed by atoms with Crippen molar-refractivity contribution in [3.8, 4) is 0 Å². The van der Waals surface area contributed by atoms with Gasteiger partial charge in [-0.2, -0.15) is 0 Å². The zero-order chi connectivity index (χ0) is 19.0. The Morgan fingerprint density at radius 1 is 1.23 bits per heavy atom. The molecule has 1 aromatic heterocycles. The SMILES string of the molecule is CN=C(NCCNS(=O)(=O)c1cccnc1)NC(C)c1ccccc1Cl. The summed E-state index contributed by atoms with van der Waals surface area (Å²) in [4.78, 5) is 8.09. The average Bonchev–Trinajstić information content (AvgIpc) is 2.65. The van der Waals surface area contributed by atoms with Crippen molar-refractivity contribution in [1.29, 1.82) is 0 Å². The highest BCUT2D eigenvalue weighted by Gasteiger charge is 2.13. The molecule has 0 fully saturated rings. The van der Waals surface area contributed by atoms with E-state index in [0.717, 1.165) is 5.56 Å². The fraction of sp³-hybridized carbons (Fsp3) is 0.294. The Labute approximate surface area is 159 Å². The number of hydrogen-bond donors (Lipinski definition) is 3. The molecule has 0 bridgehead atoms. The molecule has 0 aliphatic rings. The first-order chi connectivity index (χ1) is 12.4. The fourth-order valence-electron chi connectivity index (χ4n) is 2.26. The minimum atomic E-state index is -3.57. The third-order valence-corrected chi connectivity index (χ3v) is 5.39. The normalized spacial score (nSPS) is 13.3. The second-order valence-electron chi connectivity index (χ2n) is 5.47. The Hall–Kier alpha value is -2.16. The molecule has 0 saturated heterocycles. The number of guanidine groups is 1. The van der Waals surface area contributed by atoms with E-state index in [1.807, 2.05) is 31.2 Å². The number of hydrogen-bond acceptors (Lipinski definition) is 4. The van der Waals surface area contributed by atoms with Crippen LogP contribution in [0.5, 0.6) is 0 Å². The number of sulfonamides is 1. The van der Waals surface area contributed by atoms with Crippen LogP contribution in [0, 0.1) is 0 Å². The molecule has 1 heterocycles. The molecule has 2 rings (SSSR count). The predicted octanol–water partition coefficient (Wildman–Crippen LogP) is 1.94. The maximum absolute atomic E-state index is 12.1. The molecule has 0 aliphatic carbocycles. The molecule has 0 saturated carbocycles. The molecule has 1 aromatic carbocycles. The van der Waals surface area contributed by atoms with Gasteiger partial charge in [0.1, 0.15) is 4.90 Å². The third kappa shape index (κ3) is 5.69. The van der Waals surface area contributed by atoms with Crippen LogP contribution < -0.4 is 15.4 Å². The van der Waals surface area contributed by atoms with E-state index in [2.05, 4.69) is 25.3 Å². The highest BCUT2D eigenvalue weighted by Crippen LogP contribution is 2.21. The number of nitrogens with one attached hydrogen (secondary N) is 3. The minimum Gasteiger partial charge on any atom is -0.355 e. The summed E-state index contributed by atoms with van der Waals surface area (Å²) in [5.41, 5.74) is 0.953. The second-order valence-corrected chi connectivity index (χ2v) is 7.65. The fourth-order valence-corrected chi connectivity index (χ4v) is 3.55. The topological polar surface area (TPSA) is 95.5 Å². The Bertz CT molecular complexity index is 843. The lowest BCUT2D eigenvalue weighted by Crippen LogP contribution is -2.42. The van der Waals surface area contributed by atoms with Crippen molar-refractivity contribution in [2.45, 2.75) is 17.9 Å². The summed E-state index contributed by atoms with van der Waals surface area (Å²) in [6, 6.07) is 10.6. The molecular formula is C17H22ClN5O2S. The zero-order valence-electron chi connectivity index (χ0n) is 14.6. The van der Waals surface area contributed by atoms with Gasteiger partial charge in [0.25, 0.3) is 0 Å². The van der Waals surface area contributed by atoms with Gasteiger partial charge < -0.3 is 10.6 Å².